The van der Waals surface area contributed by atoms with E-state index >= 15 is 0 Å². The highest BCUT2D eigenvalue weighted by Crippen LogP contribution is 2.22. The van der Waals surface area contributed by atoms with Crippen molar-refractivity contribution < 1.29 is 23.1 Å². The largest absolute Gasteiger partial charge is 0.435 e. The molecule has 0 bridgehead atoms. The number of hydrogen-bond acceptors (Lipinski definition) is 3. The molecule has 7 heteroatoms. The summed E-state index contributed by atoms with van der Waals surface area (Å²) in [6.45, 7) is 2.54. The molecule has 2 amide bonds. The molecule has 5 nitrogen and oxygen atoms in total. The van der Waals surface area contributed by atoms with Crippen LogP contribution in [0.15, 0.2) is 24.3 Å². The molecular formula is C19H26F2N2O3. The summed E-state index contributed by atoms with van der Waals surface area (Å²) in [5.74, 6) is 0.171. The van der Waals surface area contributed by atoms with Crippen LogP contribution in [0.2, 0.25) is 0 Å². The van der Waals surface area contributed by atoms with Gasteiger partial charge in [-0.25, -0.2) is 0 Å². The molecule has 0 radical (unpaired) electrons. The molecular weight excluding hydrogens is 342 g/mol. The van der Waals surface area contributed by atoms with Crippen molar-refractivity contribution in [1.29, 1.82) is 0 Å². The van der Waals surface area contributed by atoms with Crippen LogP contribution in [0.5, 0.6) is 5.75 Å². The molecule has 144 valence electrons. The maximum atomic E-state index is 12.6. The molecule has 0 unspecified atom stereocenters. The van der Waals surface area contributed by atoms with Crippen molar-refractivity contribution in [3.05, 3.63) is 29.8 Å². The monoisotopic (exact) mass is 368 g/mol. The first-order valence-electron chi connectivity index (χ1n) is 8.85. The second-order valence-electron chi connectivity index (χ2n) is 6.97. The molecule has 0 aromatic heterocycles. The second-order valence-corrected chi connectivity index (χ2v) is 6.97. The van der Waals surface area contributed by atoms with Crippen molar-refractivity contribution in [1.82, 2.24) is 9.80 Å². The summed E-state index contributed by atoms with van der Waals surface area (Å²) in [7, 11) is 1.73. The fourth-order valence-electron chi connectivity index (χ4n) is 3.15. The number of likely N-dealkylation sites (tertiary alicyclic amines) is 1. The van der Waals surface area contributed by atoms with Crippen LogP contribution < -0.4 is 4.74 Å². The third kappa shape index (κ3) is 5.41. The minimum Gasteiger partial charge on any atom is -0.435 e. The van der Waals surface area contributed by atoms with Gasteiger partial charge in [0.25, 0.3) is 0 Å². The van der Waals surface area contributed by atoms with Gasteiger partial charge in [0.15, 0.2) is 0 Å². The molecule has 26 heavy (non-hydrogen) atoms. The second kappa shape index (κ2) is 8.96. The smallest absolute Gasteiger partial charge is 0.387 e. The molecule has 0 spiro atoms. The first-order valence-corrected chi connectivity index (χ1v) is 8.85. The predicted octanol–water partition coefficient (Wildman–Crippen LogP) is 3.14. The van der Waals surface area contributed by atoms with Gasteiger partial charge in [-0.1, -0.05) is 26.0 Å². The van der Waals surface area contributed by atoms with Crippen molar-refractivity contribution in [3.8, 4) is 5.75 Å². The van der Waals surface area contributed by atoms with Crippen LogP contribution in [0.3, 0.4) is 0 Å². The summed E-state index contributed by atoms with van der Waals surface area (Å²) in [5.41, 5.74) is 0.842. The number of alkyl halides is 2. The quantitative estimate of drug-likeness (QED) is 0.775. The molecule has 0 atom stereocenters. The molecule has 1 fully saturated rings. The normalized spacial score (nSPS) is 15.4. The summed E-state index contributed by atoms with van der Waals surface area (Å²) >= 11 is 0. The predicted molar refractivity (Wildman–Crippen MR) is 93.7 cm³/mol. The van der Waals surface area contributed by atoms with Gasteiger partial charge >= 0.3 is 6.61 Å². The van der Waals surface area contributed by atoms with Gasteiger partial charge in [0.1, 0.15) is 5.75 Å². The Hall–Kier alpha value is -2.18. The lowest BCUT2D eigenvalue weighted by atomic mass is 9.94. The fraction of sp³-hybridized carbons (Fsp3) is 0.579. The average Bonchev–Trinajstić information content (AvgIpc) is 2.61. The summed E-state index contributed by atoms with van der Waals surface area (Å²) in [6, 6.07) is 6.28. The number of amides is 2. The number of carbonyl (C=O) groups is 2. The number of benzene rings is 1. The Labute approximate surface area is 152 Å². The molecule has 0 saturated carbocycles. The number of hydrogen-bond donors (Lipinski definition) is 0. The van der Waals surface area contributed by atoms with Gasteiger partial charge in [0, 0.05) is 38.5 Å². The highest BCUT2D eigenvalue weighted by molar-refractivity contribution is 5.80. The maximum absolute atomic E-state index is 12.6. The molecule has 1 aliphatic rings. The van der Waals surface area contributed by atoms with Gasteiger partial charge in [0.2, 0.25) is 11.8 Å². The molecule has 1 aromatic carbocycles. The van der Waals surface area contributed by atoms with Crippen LogP contribution in [0.1, 0.15) is 32.3 Å². The maximum Gasteiger partial charge on any atom is 0.387 e. The van der Waals surface area contributed by atoms with Gasteiger partial charge in [-0.05, 0) is 30.5 Å². The molecule has 2 rings (SSSR count). The van der Waals surface area contributed by atoms with Gasteiger partial charge in [0.05, 0.1) is 0 Å². The summed E-state index contributed by atoms with van der Waals surface area (Å²) in [6.07, 6.45) is 1.34. The van der Waals surface area contributed by atoms with Crippen molar-refractivity contribution in [2.45, 2.75) is 39.8 Å². The lowest BCUT2D eigenvalue weighted by Crippen LogP contribution is -2.44. The zero-order chi connectivity index (χ0) is 19.3. The number of ether oxygens (including phenoxy) is 1. The summed E-state index contributed by atoms with van der Waals surface area (Å²) in [5, 5.41) is 0. The van der Waals surface area contributed by atoms with E-state index in [-0.39, 0.29) is 29.4 Å². The average molecular weight is 368 g/mol. The topological polar surface area (TPSA) is 49.9 Å². The van der Waals surface area contributed by atoms with Crippen molar-refractivity contribution in [2.75, 3.05) is 20.1 Å². The Morgan fingerprint density at radius 3 is 2.27 bits per heavy atom. The van der Waals surface area contributed by atoms with E-state index in [4.69, 9.17) is 0 Å². The van der Waals surface area contributed by atoms with Gasteiger partial charge in [-0.3, -0.25) is 9.59 Å². The zero-order valence-corrected chi connectivity index (χ0v) is 15.5. The standard InChI is InChI=1S/C19H26F2N2O3/c1-13(2)17(24)23-10-8-15(9-11-23)18(25)22(3)12-14-4-6-16(7-5-14)26-19(20)21/h4-7,13,15,19H,8-12H2,1-3H3. The number of rotatable bonds is 6. The highest BCUT2D eigenvalue weighted by atomic mass is 19.3. The lowest BCUT2D eigenvalue weighted by Gasteiger charge is -2.34. The van der Waals surface area contributed by atoms with Crippen molar-refractivity contribution >= 4 is 11.8 Å². The van der Waals surface area contributed by atoms with Crippen LogP contribution in [0, 0.1) is 11.8 Å². The SMILES string of the molecule is CC(C)C(=O)N1CCC(C(=O)N(C)Cc2ccc(OC(F)F)cc2)CC1. The molecule has 1 aliphatic heterocycles. The van der Waals surface area contributed by atoms with Crippen molar-refractivity contribution in [2.24, 2.45) is 11.8 Å². The Morgan fingerprint density at radius 1 is 1.19 bits per heavy atom. The van der Waals surface area contributed by atoms with E-state index < -0.39 is 6.61 Å². The Kier molecular flexibility index (Phi) is 6.94. The van der Waals surface area contributed by atoms with E-state index in [1.165, 1.54) is 12.1 Å². The Bertz CT molecular complexity index is 612. The first kappa shape index (κ1) is 20.1. The van der Waals surface area contributed by atoms with E-state index in [0.717, 1.165) is 5.56 Å². The number of halogens is 2. The minimum absolute atomic E-state index is 0.0260. The van der Waals surface area contributed by atoms with Crippen LogP contribution in [0.4, 0.5) is 8.78 Å². The molecule has 1 aromatic rings. The third-order valence-corrected chi connectivity index (χ3v) is 4.59. The van der Waals surface area contributed by atoms with Crippen molar-refractivity contribution in [3.63, 3.8) is 0 Å². The van der Waals surface area contributed by atoms with Crippen LogP contribution in [-0.4, -0.2) is 48.4 Å². The fourth-order valence-corrected chi connectivity index (χ4v) is 3.15. The van der Waals surface area contributed by atoms with Gasteiger partial charge < -0.3 is 14.5 Å². The van der Waals surface area contributed by atoms with E-state index in [1.807, 2.05) is 18.7 Å². The highest BCUT2D eigenvalue weighted by Gasteiger charge is 2.29. The first-order chi connectivity index (χ1) is 12.3. The van der Waals surface area contributed by atoms with E-state index in [0.29, 0.717) is 32.5 Å². The minimum atomic E-state index is -2.85. The molecule has 0 N–H and O–H groups in total. The van der Waals surface area contributed by atoms with Gasteiger partial charge in [-0.15, -0.1) is 0 Å². The molecule has 1 saturated heterocycles. The number of piperidine rings is 1. The van der Waals surface area contributed by atoms with E-state index in [1.54, 1.807) is 24.1 Å². The number of carbonyl (C=O) groups excluding carboxylic acids is 2. The number of nitrogens with zero attached hydrogens (tertiary/aromatic N) is 2. The molecule has 0 aliphatic carbocycles. The van der Waals surface area contributed by atoms with E-state index in [2.05, 4.69) is 4.74 Å². The summed E-state index contributed by atoms with van der Waals surface area (Å²) < 4.78 is 28.6. The van der Waals surface area contributed by atoms with Gasteiger partial charge in [-0.2, -0.15) is 8.78 Å². The van der Waals surface area contributed by atoms with Crippen LogP contribution in [0.25, 0.3) is 0 Å². The van der Waals surface area contributed by atoms with Crippen LogP contribution in [-0.2, 0) is 16.1 Å². The van der Waals surface area contributed by atoms with Crippen LogP contribution >= 0.6 is 0 Å². The molecule has 1 heterocycles. The Balaban J connectivity index is 1.85. The zero-order valence-electron chi connectivity index (χ0n) is 15.5. The van der Waals surface area contributed by atoms with E-state index in [9.17, 15) is 18.4 Å². The lowest BCUT2D eigenvalue weighted by molar-refractivity contribution is -0.141. The Morgan fingerprint density at radius 2 is 1.77 bits per heavy atom. The third-order valence-electron chi connectivity index (χ3n) is 4.59. The summed E-state index contributed by atoms with van der Waals surface area (Å²) in [4.78, 5) is 28.1.